The molecule has 2 N–H and O–H groups in total. The van der Waals surface area contributed by atoms with E-state index >= 15 is 0 Å². The van der Waals surface area contributed by atoms with Gasteiger partial charge in [-0.15, -0.1) is 0 Å². The maximum Gasteiger partial charge on any atom is 0.416 e. The van der Waals surface area contributed by atoms with Gasteiger partial charge in [-0.1, -0.05) is 36.4 Å². The van der Waals surface area contributed by atoms with Crippen LogP contribution in [-0.2, 0) is 22.4 Å². The predicted octanol–water partition coefficient (Wildman–Crippen LogP) is 4.77. The number of alkyl halides is 3. The van der Waals surface area contributed by atoms with Crippen molar-refractivity contribution in [3.63, 3.8) is 0 Å². The Kier molecular flexibility index (Phi) is 8.08. The van der Waals surface area contributed by atoms with E-state index in [4.69, 9.17) is 9.47 Å². The summed E-state index contributed by atoms with van der Waals surface area (Å²) in [5, 5.41) is 6.01. The first-order chi connectivity index (χ1) is 16.7. The molecular weight excluding hydrogens is 463 g/mol. The number of benzene rings is 3. The number of amides is 2. The van der Waals surface area contributed by atoms with Crippen LogP contribution in [0, 0.1) is 0 Å². The number of carbonyl (C=O) groups is 2. The zero-order chi connectivity index (χ0) is 25.4. The second-order valence-electron chi connectivity index (χ2n) is 7.31. The Morgan fingerprint density at radius 3 is 2.34 bits per heavy atom. The summed E-state index contributed by atoms with van der Waals surface area (Å²) in [6.07, 6.45) is -4.58. The normalized spacial score (nSPS) is 11.5. The van der Waals surface area contributed by atoms with Crippen molar-refractivity contribution in [2.24, 2.45) is 5.10 Å². The van der Waals surface area contributed by atoms with Crippen molar-refractivity contribution in [2.75, 3.05) is 12.4 Å². The number of rotatable bonds is 7. The van der Waals surface area contributed by atoms with E-state index in [-0.39, 0.29) is 5.69 Å². The Balaban J connectivity index is 1.62. The number of nitrogens with one attached hydrogen (secondary N) is 2. The van der Waals surface area contributed by atoms with Gasteiger partial charge in [-0.2, -0.15) is 18.3 Å². The first-order valence-corrected chi connectivity index (χ1v) is 10.4. The van der Waals surface area contributed by atoms with Crippen LogP contribution in [0.5, 0.6) is 11.5 Å². The van der Waals surface area contributed by atoms with Crippen LogP contribution in [0.15, 0.2) is 77.9 Å². The van der Waals surface area contributed by atoms with E-state index in [1.54, 1.807) is 25.1 Å². The van der Waals surface area contributed by atoms with E-state index in [1.807, 2.05) is 30.3 Å². The summed E-state index contributed by atoms with van der Waals surface area (Å²) in [5.41, 5.74) is 2.91. The second kappa shape index (κ2) is 11.2. The molecular formula is C25H22F3N3O4. The molecule has 35 heavy (non-hydrogen) atoms. The number of anilines is 1. The predicted molar refractivity (Wildman–Crippen MR) is 124 cm³/mol. The summed E-state index contributed by atoms with van der Waals surface area (Å²) in [7, 11) is 1.49. The van der Waals surface area contributed by atoms with Crippen molar-refractivity contribution in [1.29, 1.82) is 0 Å². The topological polar surface area (TPSA) is 89.0 Å². The van der Waals surface area contributed by atoms with Crippen LogP contribution >= 0.6 is 0 Å². The van der Waals surface area contributed by atoms with Crippen LogP contribution in [0.2, 0.25) is 0 Å². The SMILES string of the molecule is COc1cc(C(C)=NNC(=O)C(=O)Nc2cccc(C(F)(F)F)c2)ccc1OCc1ccccc1. The van der Waals surface area contributed by atoms with Gasteiger partial charge in [0.2, 0.25) is 0 Å². The van der Waals surface area contributed by atoms with Crippen LogP contribution < -0.4 is 20.2 Å². The first kappa shape index (κ1) is 25.3. The molecule has 10 heteroatoms. The highest BCUT2D eigenvalue weighted by Gasteiger charge is 2.30. The van der Waals surface area contributed by atoms with Crippen LogP contribution in [0.25, 0.3) is 0 Å². The summed E-state index contributed by atoms with van der Waals surface area (Å²) in [6.45, 7) is 1.95. The van der Waals surface area contributed by atoms with Crippen molar-refractivity contribution in [2.45, 2.75) is 19.7 Å². The molecule has 0 saturated carbocycles. The number of nitrogens with zero attached hydrogens (tertiary/aromatic N) is 1. The lowest BCUT2D eigenvalue weighted by molar-refractivity contribution is -0.137. The molecule has 0 fully saturated rings. The third-order valence-electron chi connectivity index (χ3n) is 4.80. The summed E-state index contributed by atoms with van der Waals surface area (Å²) >= 11 is 0. The molecule has 0 radical (unpaired) electrons. The molecule has 2 amide bonds. The monoisotopic (exact) mass is 485 g/mol. The van der Waals surface area contributed by atoms with E-state index in [0.29, 0.717) is 29.4 Å². The van der Waals surface area contributed by atoms with E-state index in [1.165, 1.54) is 13.2 Å². The minimum absolute atomic E-state index is 0.170. The van der Waals surface area contributed by atoms with Gasteiger partial charge in [0.1, 0.15) is 6.61 Å². The molecule has 0 aliphatic heterocycles. The van der Waals surface area contributed by atoms with Gasteiger partial charge in [-0.05, 0) is 48.9 Å². The van der Waals surface area contributed by atoms with Gasteiger partial charge in [-0.25, -0.2) is 5.43 Å². The third kappa shape index (κ3) is 7.07. The van der Waals surface area contributed by atoms with Crippen LogP contribution in [0.4, 0.5) is 18.9 Å². The van der Waals surface area contributed by atoms with Crippen molar-refractivity contribution in [3.8, 4) is 11.5 Å². The number of hydrogen-bond acceptors (Lipinski definition) is 5. The number of ether oxygens (including phenoxy) is 2. The highest BCUT2D eigenvalue weighted by atomic mass is 19.4. The quantitative estimate of drug-likeness (QED) is 0.287. The molecule has 0 aromatic heterocycles. The summed E-state index contributed by atoms with van der Waals surface area (Å²) < 4.78 is 49.6. The van der Waals surface area contributed by atoms with Crippen molar-refractivity contribution >= 4 is 23.2 Å². The van der Waals surface area contributed by atoms with Crippen molar-refractivity contribution in [1.82, 2.24) is 5.43 Å². The fourth-order valence-electron chi connectivity index (χ4n) is 2.96. The highest BCUT2D eigenvalue weighted by Crippen LogP contribution is 2.31. The van der Waals surface area contributed by atoms with Crippen molar-refractivity contribution < 1.29 is 32.2 Å². The summed E-state index contributed by atoms with van der Waals surface area (Å²) in [6, 6.07) is 18.6. The van der Waals surface area contributed by atoms with Crippen LogP contribution in [0.3, 0.4) is 0 Å². The zero-order valence-electron chi connectivity index (χ0n) is 18.8. The number of halogens is 3. The molecule has 0 unspecified atom stereocenters. The molecule has 0 heterocycles. The lowest BCUT2D eigenvalue weighted by atomic mass is 10.1. The Labute approximate surface area is 199 Å². The Bertz CT molecular complexity index is 1230. The van der Waals surface area contributed by atoms with Gasteiger partial charge < -0.3 is 14.8 Å². The van der Waals surface area contributed by atoms with Gasteiger partial charge in [0.15, 0.2) is 11.5 Å². The smallest absolute Gasteiger partial charge is 0.416 e. The molecule has 3 aromatic rings. The average molecular weight is 485 g/mol. The van der Waals surface area contributed by atoms with Gasteiger partial charge in [0, 0.05) is 11.3 Å². The molecule has 182 valence electrons. The zero-order valence-corrected chi connectivity index (χ0v) is 18.8. The maximum atomic E-state index is 12.8. The highest BCUT2D eigenvalue weighted by molar-refractivity contribution is 6.39. The fraction of sp³-hybridized carbons (Fsp3) is 0.160. The van der Waals surface area contributed by atoms with Crippen LogP contribution in [0.1, 0.15) is 23.6 Å². The number of carbonyl (C=O) groups excluding carboxylic acids is 2. The standard InChI is InChI=1S/C25H22F3N3O4/c1-16(18-11-12-21(22(13-18)34-2)35-15-17-7-4-3-5-8-17)30-31-24(33)23(32)29-20-10-6-9-19(14-20)25(26,27)28/h3-14H,15H2,1-2H3,(H,29,32)(H,31,33). The Morgan fingerprint density at radius 1 is 0.914 bits per heavy atom. The molecule has 0 aliphatic carbocycles. The van der Waals surface area contributed by atoms with Gasteiger partial charge in [0.25, 0.3) is 0 Å². The molecule has 0 spiro atoms. The minimum atomic E-state index is -4.58. The summed E-state index contributed by atoms with van der Waals surface area (Å²) in [5.74, 6) is -1.35. The number of hydrogen-bond donors (Lipinski definition) is 2. The molecule has 0 bridgehead atoms. The molecule has 0 aliphatic rings. The lowest BCUT2D eigenvalue weighted by Gasteiger charge is -2.12. The first-order valence-electron chi connectivity index (χ1n) is 10.4. The van der Waals surface area contributed by atoms with Crippen molar-refractivity contribution in [3.05, 3.63) is 89.5 Å². The molecule has 7 nitrogen and oxygen atoms in total. The summed E-state index contributed by atoms with van der Waals surface area (Å²) in [4.78, 5) is 24.1. The van der Waals surface area contributed by atoms with Gasteiger partial charge in [0.05, 0.1) is 18.4 Å². The van der Waals surface area contributed by atoms with E-state index in [0.717, 1.165) is 23.8 Å². The van der Waals surface area contributed by atoms with E-state index in [9.17, 15) is 22.8 Å². The number of hydrazone groups is 1. The van der Waals surface area contributed by atoms with Crippen LogP contribution in [-0.4, -0.2) is 24.6 Å². The van der Waals surface area contributed by atoms with Gasteiger partial charge in [-0.3, -0.25) is 9.59 Å². The largest absolute Gasteiger partial charge is 0.493 e. The molecule has 0 saturated heterocycles. The third-order valence-corrected chi connectivity index (χ3v) is 4.80. The Hall–Kier alpha value is -4.34. The lowest BCUT2D eigenvalue weighted by Crippen LogP contribution is -2.33. The van der Waals surface area contributed by atoms with E-state index < -0.39 is 23.6 Å². The average Bonchev–Trinajstić information content (AvgIpc) is 2.85. The Morgan fingerprint density at radius 2 is 1.66 bits per heavy atom. The molecule has 3 aromatic carbocycles. The molecule has 3 rings (SSSR count). The number of methoxy groups -OCH3 is 1. The fourth-order valence-corrected chi connectivity index (χ4v) is 2.96. The minimum Gasteiger partial charge on any atom is -0.493 e. The maximum absolute atomic E-state index is 12.8. The second-order valence-corrected chi connectivity index (χ2v) is 7.31. The molecule has 0 atom stereocenters. The van der Waals surface area contributed by atoms with E-state index in [2.05, 4.69) is 15.8 Å². The van der Waals surface area contributed by atoms with Gasteiger partial charge >= 0.3 is 18.0 Å².